The molecule has 2 amide bonds. The predicted octanol–water partition coefficient (Wildman–Crippen LogP) is 1.24. The highest BCUT2D eigenvalue weighted by Gasteiger charge is 2.09. The van der Waals surface area contributed by atoms with Gasteiger partial charge in [0.15, 0.2) is 4.34 Å². The van der Waals surface area contributed by atoms with Crippen molar-refractivity contribution in [3.63, 3.8) is 0 Å². The molecule has 0 aliphatic rings. The summed E-state index contributed by atoms with van der Waals surface area (Å²) < 4.78 is 0.688. The molecule has 0 saturated heterocycles. The van der Waals surface area contributed by atoms with Crippen LogP contribution < -0.4 is 16.0 Å². The van der Waals surface area contributed by atoms with Crippen molar-refractivity contribution in [1.29, 1.82) is 0 Å². The smallest absolute Gasteiger partial charge is 0.239 e. The van der Waals surface area contributed by atoms with Gasteiger partial charge >= 0.3 is 0 Å². The van der Waals surface area contributed by atoms with E-state index in [-0.39, 0.29) is 24.1 Å². The third-order valence-corrected chi connectivity index (χ3v) is 4.46. The molecule has 0 saturated carbocycles. The van der Waals surface area contributed by atoms with Gasteiger partial charge in [-0.25, -0.2) is 0 Å². The minimum absolute atomic E-state index is 0.0210. The Labute approximate surface area is 135 Å². The normalized spacial score (nSPS) is 10.0. The number of para-hydroxylation sites is 1. The van der Waals surface area contributed by atoms with E-state index in [1.807, 2.05) is 30.3 Å². The first-order valence-corrected chi connectivity index (χ1v) is 8.23. The minimum atomic E-state index is -0.233. The Bertz CT molecular complexity index is 632. The van der Waals surface area contributed by atoms with Gasteiger partial charge in [0.25, 0.3) is 0 Å². The molecule has 0 aliphatic carbocycles. The van der Waals surface area contributed by atoms with Crippen molar-refractivity contribution in [2.75, 3.05) is 24.7 Å². The van der Waals surface area contributed by atoms with Crippen LogP contribution in [0.2, 0.25) is 0 Å². The molecule has 0 unspecified atom stereocenters. The number of benzene rings is 1. The van der Waals surface area contributed by atoms with E-state index in [9.17, 15) is 9.59 Å². The Balaban J connectivity index is 1.77. The fourth-order valence-electron chi connectivity index (χ4n) is 1.41. The molecule has 3 N–H and O–H groups in total. The molecule has 1 aromatic heterocycles. The lowest BCUT2D eigenvalue weighted by atomic mass is 10.3. The lowest BCUT2D eigenvalue weighted by Crippen LogP contribution is -2.35. The van der Waals surface area contributed by atoms with Crippen molar-refractivity contribution >= 4 is 45.7 Å². The predicted molar refractivity (Wildman–Crippen MR) is 87.4 cm³/mol. The van der Waals surface area contributed by atoms with Gasteiger partial charge in [0.05, 0.1) is 12.3 Å². The Hall–Kier alpha value is -2.13. The number of anilines is 2. The summed E-state index contributed by atoms with van der Waals surface area (Å²) in [4.78, 5) is 22.6. The number of rotatable bonds is 7. The quantitative estimate of drug-likeness (QED) is 0.658. The third kappa shape index (κ3) is 5.34. The van der Waals surface area contributed by atoms with Gasteiger partial charge in [-0.15, -0.1) is 10.2 Å². The van der Waals surface area contributed by atoms with Gasteiger partial charge in [-0.2, -0.15) is 0 Å². The molecule has 0 aliphatic heterocycles. The number of nitrogens with one attached hydrogen (secondary N) is 3. The molecule has 2 rings (SSSR count). The Morgan fingerprint density at radius 1 is 1.18 bits per heavy atom. The van der Waals surface area contributed by atoms with E-state index in [1.165, 1.54) is 30.1 Å². The number of thioether (sulfide) groups is 1. The molecule has 0 bridgehead atoms. The van der Waals surface area contributed by atoms with E-state index < -0.39 is 0 Å². The van der Waals surface area contributed by atoms with Crippen LogP contribution in [0.3, 0.4) is 0 Å². The number of carbonyl (C=O) groups is 2. The maximum absolute atomic E-state index is 11.6. The van der Waals surface area contributed by atoms with Gasteiger partial charge in [-0.3, -0.25) is 9.59 Å². The van der Waals surface area contributed by atoms with Crippen LogP contribution in [0.5, 0.6) is 0 Å². The van der Waals surface area contributed by atoms with Gasteiger partial charge in [-0.05, 0) is 12.1 Å². The maximum atomic E-state index is 11.6. The molecule has 1 heterocycles. The second-order valence-electron chi connectivity index (χ2n) is 4.10. The van der Waals surface area contributed by atoms with Gasteiger partial charge in [0.1, 0.15) is 0 Å². The molecule has 7 nitrogen and oxygen atoms in total. The zero-order chi connectivity index (χ0) is 15.8. The molecule has 9 heteroatoms. The van der Waals surface area contributed by atoms with E-state index in [0.717, 1.165) is 5.69 Å². The highest BCUT2D eigenvalue weighted by molar-refractivity contribution is 8.01. The summed E-state index contributed by atoms with van der Waals surface area (Å²) in [5.41, 5.74) is 0.929. The van der Waals surface area contributed by atoms with Crippen LogP contribution in [0.4, 0.5) is 10.8 Å². The fraction of sp³-hybridized carbons (Fsp3) is 0.231. The number of carbonyl (C=O) groups excluding carboxylic acids is 2. The average Bonchev–Trinajstić information content (AvgIpc) is 2.99. The summed E-state index contributed by atoms with van der Waals surface area (Å²) in [5, 5.41) is 16.8. The van der Waals surface area contributed by atoms with Gasteiger partial charge < -0.3 is 16.0 Å². The minimum Gasteiger partial charge on any atom is -0.358 e. The monoisotopic (exact) mass is 337 g/mol. The van der Waals surface area contributed by atoms with E-state index in [1.54, 1.807) is 0 Å². The second kappa shape index (κ2) is 8.35. The molecule has 2 aromatic rings. The van der Waals surface area contributed by atoms with Crippen LogP contribution in [0.1, 0.15) is 0 Å². The molecule has 1 aromatic carbocycles. The largest absolute Gasteiger partial charge is 0.358 e. The van der Waals surface area contributed by atoms with Crippen LogP contribution in [0, 0.1) is 0 Å². The summed E-state index contributed by atoms with van der Waals surface area (Å²) in [6.07, 6.45) is 0. The van der Waals surface area contributed by atoms with Crippen molar-refractivity contribution in [2.24, 2.45) is 0 Å². The van der Waals surface area contributed by atoms with Gasteiger partial charge in [-0.1, -0.05) is 41.3 Å². The SMILES string of the molecule is CNC(=O)CNC(=O)CSc1nnc(Nc2ccccc2)s1. The van der Waals surface area contributed by atoms with Crippen molar-refractivity contribution < 1.29 is 9.59 Å². The molecular weight excluding hydrogens is 322 g/mol. The first-order valence-electron chi connectivity index (χ1n) is 6.43. The summed E-state index contributed by atoms with van der Waals surface area (Å²) >= 11 is 2.65. The summed E-state index contributed by atoms with van der Waals surface area (Å²) in [6.45, 7) is -0.0210. The average molecular weight is 337 g/mol. The molecule has 0 atom stereocenters. The molecule has 0 radical (unpaired) electrons. The van der Waals surface area contributed by atoms with Gasteiger partial charge in [0.2, 0.25) is 16.9 Å². The van der Waals surface area contributed by atoms with E-state index in [2.05, 4.69) is 26.1 Å². The molecule has 0 spiro atoms. The van der Waals surface area contributed by atoms with E-state index >= 15 is 0 Å². The number of amides is 2. The lowest BCUT2D eigenvalue weighted by molar-refractivity contribution is -0.124. The number of likely N-dealkylation sites (N-methyl/N-ethyl adjacent to an activating group) is 1. The third-order valence-electron chi connectivity index (χ3n) is 2.48. The Kier molecular flexibility index (Phi) is 6.16. The molecular formula is C13H15N5O2S2. The molecule has 0 fully saturated rings. The number of hydrogen-bond acceptors (Lipinski definition) is 7. The zero-order valence-electron chi connectivity index (χ0n) is 11.8. The van der Waals surface area contributed by atoms with E-state index in [4.69, 9.17) is 0 Å². The van der Waals surface area contributed by atoms with E-state index in [0.29, 0.717) is 9.47 Å². The highest BCUT2D eigenvalue weighted by atomic mass is 32.2. The first kappa shape index (κ1) is 16.2. The van der Waals surface area contributed by atoms with Crippen LogP contribution in [-0.2, 0) is 9.59 Å². The Morgan fingerprint density at radius 3 is 2.68 bits per heavy atom. The van der Waals surface area contributed by atoms with Crippen molar-refractivity contribution in [3.05, 3.63) is 30.3 Å². The number of nitrogens with zero attached hydrogens (tertiary/aromatic N) is 2. The van der Waals surface area contributed by atoms with Crippen molar-refractivity contribution in [1.82, 2.24) is 20.8 Å². The maximum Gasteiger partial charge on any atom is 0.239 e. The summed E-state index contributed by atoms with van der Waals surface area (Å²) in [6, 6.07) is 9.65. The highest BCUT2D eigenvalue weighted by Crippen LogP contribution is 2.27. The first-order chi connectivity index (χ1) is 10.7. The molecule has 22 heavy (non-hydrogen) atoms. The number of aromatic nitrogens is 2. The van der Waals surface area contributed by atoms with Crippen LogP contribution in [0.15, 0.2) is 34.7 Å². The number of hydrogen-bond donors (Lipinski definition) is 3. The summed E-state index contributed by atoms with van der Waals surface area (Å²) in [7, 11) is 1.52. The van der Waals surface area contributed by atoms with Crippen LogP contribution >= 0.6 is 23.1 Å². The van der Waals surface area contributed by atoms with Crippen molar-refractivity contribution in [3.8, 4) is 0 Å². The Morgan fingerprint density at radius 2 is 1.95 bits per heavy atom. The van der Waals surface area contributed by atoms with Crippen LogP contribution in [-0.4, -0.2) is 41.4 Å². The fourth-order valence-corrected chi connectivity index (χ4v) is 3.01. The second-order valence-corrected chi connectivity index (χ2v) is 6.30. The zero-order valence-corrected chi connectivity index (χ0v) is 13.5. The topological polar surface area (TPSA) is 96.0 Å². The van der Waals surface area contributed by atoms with Crippen molar-refractivity contribution in [2.45, 2.75) is 4.34 Å². The lowest BCUT2D eigenvalue weighted by Gasteiger charge is -2.02. The summed E-state index contributed by atoms with van der Waals surface area (Å²) in [5.74, 6) is -0.262. The van der Waals surface area contributed by atoms with Crippen LogP contribution in [0.25, 0.3) is 0 Å². The standard InChI is InChI=1S/C13H15N5O2S2/c1-14-10(19)7-15-11(20)8-21-13-18-17-12(22-13)16-9-5-3-2-4-6-9/h2-6H,7-8H2,1H3,(H,14,19)(H,15,20)(H,16,17). The molecule has 116 valence electrons. The van der Waals surface area contributed by atoms with Gasteiger partial charge in [0, 0.05) is 12.7 Å².